The van der Waals surface area contributed by atoms with Gasteiger partial charge < -0.3 is 10.6 Å². The number of nitrogens with one attached hydrogen (secondary N) is 2. The summed E-state index contributed by atoms with van der Waals surface area (Å²) < 4.78 is 0. The molecular formula is C17H14N4O3. The Bertz CT molecular complexity index is 836. The predicted molar refractivity (Wildman–Crippen MR) is 90.2 cm³/mol. The van der Waals surface area contributed by atoms with Crippen LogP contribution in [-0.2, 0) is 4.79 Å². The van der Waals surface area contributed by atoms with Crippen LogP contribution in [0.1, 0.15) is 5.56 Å². The van der Waals surface area contributed by atoms with E-state index in [1.807, 2.05) is 19.1 Å². The zero-order valence-electron chi connectivity index (χ0n) is 12.8. The number of hydrogen-bond acceptors (Lipinski definition) is 5. The standard InChI is InChI=1S/C17H14N4O3/c1-12-6-8-14(9-7-12)19-11-13(10-18)17(22)20-15-4-2-3-5-16(15)21(23)24/h2-9,11,19H,1H3,(H,20,22)/b13-11-. The van der Waals surface area contributed by atoms with Crippen molar-refractivity contribution in [3.05, 3.63) is 76.0 Å². The molecule has 7 heteroatoms. The largest absolute Gasteiger partial charge is 0.360 e. The van der Waals surface area contributed by atoms with Crippen LogP contribution in [0.4, 0.5) is 17.1 Å². The Kier molecular flexibility index (Phi) is 5.26. The molecule has 0 fully saturated rings. The van der Waals surface area contributed by atoms with Crippen molar-refractivity contribution in [3.63, 3.8) is 0 Å². The van der Waals surface area contributed by atoms with Crippen LogP contribution in [-0.4, -0.2) is 10.8 Å². The quantitative estimate of drug-likeness (QED) is 0.380. The fraction of sp³-hybridized carbons (Fsp3) is 0.0588. The summed E-state index contributed by atoms with van der Waals surface area (Å²) in [5.41, 5.74) is 1.39. The fourth-order valence-electron chi connectivity index (χ4n) is 1.88. The molecule has 0 radical (unpaired) electrons. The first-order valence-corrected chi connectivity index (χ1v) is 6.99. The normalized spacial score (nSPS) is 10.6. The number of nitrogens with zero attached hydrogens (tertiary/aromatic N) is 2. The second-order valence-corrected chi connectivity index (χ2v) is 4.91. The van der Waals surface area contributed by atoms with Crippen molar-refractivity contribution in [3.8, 4) is 6.07 Å². The van der Waals surface area contributed by atoms with Gasteiger partial charge in [0.2, 0.25) is 0 Å². The lowest BCUT2D eigenvalue weighted by atomic mass is 10.2. The van der Waals surface area contributed by atoms with Crippen LogP contribution in [0.2, 0.25) is 0 Å². The van der Waals surface area contributed by atoms with Crippen molar-refractivity contribution in [1.29, 1.82) is 5.26 Å². The molecule has 0 bridgehead atoms. The molecule has 0 aromatic heterocycles. The number of para-hydroxylation sites is 2. The lowest BCUT2D eigenvalue weighted by Crippen LogP contribution is -2.15. The SMILES string of the molecule is Cc1ccc(N/C=C(/C#N)C(=O)Nc2ccccc2[N+](=O)[O-])cc1. The highest BCUT2D eigenvalue weighted by Crippen LogP contribution is 2.23. The number of carbonyl (C=O) groups excluding carboxylic acids is 1. The first kappa shape index (κ1) is 16.7. The lowest BCUT2D eigenvalue weighted by molar-refractivity contribution is -0.383. The van der Waals surface area contributed by atoms with Crippen molar-refractivity contribution in [2.24, 2.45) is 0 Å². The summed E-state index contributed by atoms with van der Waals surface area (Å²) in [5, 5.41) is 25.3. The van der Waals surface area contributed by atoms with Gasteiger partial charge >= 0.3 is 0 Å². The first-order valence-electron chi connectivity index (χ1n) is 6.99. The van der Waals surface area contributed by atoms with E-state index < -0.39 is 10.8 Å². The Morgan fingerprint density at radius 3 is 2.50 bits per heavy atom. The van der Waals surface area contributed by atoms with Gasteiger partial charge in [0.15, 0.2) is 0 Å². The number of aryl methyl sites for hydroxylation is 1. The van der Waals surface area contributed by atoms with Gasteiger partial charge in [-0.15, -0.1) is 0 Å². The third kappa shape index (κ3) is 4.18. The molecule has 120 valence electrons. The molecular weight excluding hydrogens is 308 g/mol. The Hall–Kier alpha value is -3.66. The van der Waals surface area contributed by atoms with Gasteiger partial charge in [-0.25, -0.2) is 0 Å². The number of nitriles is 1. The summed E-state index contributed by atoms with van der Waals surface area (Å²) in [6.45, 7) is 1.94. The molecule has 2 N–H and O–H groups in total. The molecule has 2 aromatic carbocycles. The van der Waals surface area contributed by atoms with Crippen molar-refractivity contribution in [1.82, 2.24) is 0 Å². The van der Waals surface area contributed by atoms with Crippen LogP contribution in [0.3, 0.4) is 0 Å². The Morgan fingerprint density at radius 1 is 1.21 bits per heavy atom. The molecule has 0 spiro atoms. The number of amides is 1. The summed E-state index contributed by atoms with van der Waals surface area (Å²) >= 11 is 0. The van der Waals surface area contributed by atoms with E-state index in [1.54, 1.807) is 24.3 Å². The zero-order chi connectivity index (χ0) is 17.5. The average molecular weight is 322 g/mol. The third-order valence-electron chi connectivity index (χ3n) is 3.15. The molecule has 0 saturated carbocycles. The molecule has 24 heavy (non-hydrogen) atoms. The molecule has 0 aliphatic carbocycles. The number of carbonyl (C=O) groups is 1. The molecule has 7 nitrogen and oxygen atoms in total. The molecule has 0 heterocycles. The van der Waals surface area contributed by atoms with Gasteiger partial charge in [0.1, 0.15) is 17.3 Å². The van der Waals surface area contributed by atoms with Crippen molar-refractivity contribution < 1.29 is 9.72 Å². The Labute approximate surface area is 138 Å². The van der Waals surface area contributed by atoms with Gasteiger partial charge in [-0.3, -0.25) is 14.9 Å². The predicted octanol–water partition coefficient (Wildman–Crippen LogP) is 3.36. The average Bonchev–Trinajstić information content (AvgIpc) is 2.57. The van der Waals surface area contributed by atoms with Gasteiger partial charge in [-0.2, -0.15) is 5.26 Å². The van der Waals surface area contributed by atoms with E-state index in [0.29, 0.717) is 5.69 Å². The van der Waals surface area contributed by atoms with E-state index in [0.717, 1.165) is 5.56 Å². The Morgan fingerprint density at radius 2 is 1.88 bits per heavy atom. The van der Waals surface area contributed by atoms with Gasteiger partial charge in [0.25, 0.3) is 11.6 Å². The van der Waals surface area contributed by atoms with Gasteiger partial charge in [-0.05, 0) is 25.1 Å². The second-order valence-electron chi connectivity index (χ2n) is 4.91. The molecule has 0 atom stereocenters. The van der Waals surface area contributed by atoms with Crippen molar-refractivity contribution in [2.75, 3.05) is 10.6 Å². The van der Waals surface area contributed by atoms with E-state index in [9.17, 15) is 14.9 Å². The van der Waals surface area contributed by atoms with Crippen LogP contribution < -0.4 is 10.6 Å². The second kappa shape index (κ2) is 7.56. The molecule has 0 aliphatic rings. The van der Waals surface area contributed by atoms with E-state index in [1.165, 1.54) is 24.4 Å². The molecule has 0 aliphatic heterocycles. The van der Waals surface area contributed by atoms with Crippen LogP contribution in [0.25, 0.3) is 0 Å². The smallest absolute Gasteiger partial charge is 0.292 e. The summed E-state index contributed by atoms with van der Waals surface area (Å²) in [6.07, 6.45) is 1.26. The van der Waals surface area contributed by atoms with Crippen LogP contribution in [0.15, 0.2) is 60.3 Å². The molecule has 2 rings (SSSR count). The Balaban J connectivity index is 2.15. The van der Waals surface area contributed by atoms with Gasteiger partial charge in [-0.1, -0.05) is 29.8 Å². The van der Waals surface area contributed by atoms with Crippen LogP contribution in [0.5, 0.6) is 0 Å². The van der Waals surface area contributed by atoms with E-state index in [-0.39, 0.29) is 16.9 Å². The maximum absolute atomic E-state index is 12.1. The van der Waals surface area contributed by atoms with Crippen LogP contribution in [0, 0.1) is 28.4 Å². The molecule has 0 unspecified atom stereocenters. The van der Waals surface area contributed by atoms with Gasteiger partial charge in [0, 0.05) is 18.0 Å². The maximum atomic E-state index is 12.1. The zero-order valence-corrected chi connectivity index (χ0v) is 12.8. The number of nitro benzene ring substituents is 1. The fourth-order valence-corrected chi connectivity index (χ4v) is 1.88. The monoisotopic (exact) mass is 322 g/mol. The number of benzene rings is 2. The molecule has 2 aromatic rings. The summed E-state index contributed by atoms with van der Waals surface area (Å²) in [5.74, 6) is -0.730. The highest BCUT2D eigenvalue weighted by Gasteiger charge is 2.17. The number of rotatable bonds is 5. The minimum absolute atomic E-state index is 0.0315. The number of nitro groups is 1. The number of anilines is 2. The molecule has 1 amide bonds. The minimum Gasteiger partial charge on any atom is -0.360 e. The topological polar surface area (TPSA) is 108 Å². The minimum atomic E-state index is -0.730. The lowest BCUT2D eigenvalue weighted by Gasteiger charge is -2.06. The third-order valence-corrected chi connectivity index (χ3v) is 3.15. The first-order chi connectivity index (χ1) is 11.5. The van der Waals surface area contributed by atoms with Crippen molar-refractivity contribution >= 4 is 23.0 Å². The number of hydrogen-bond donors (Lipinski definition) is 2. The van der Waals surface area contributed by atoms with E-state index >= 15 is 0 Å². The molecule has 0 saturated heterocycles. The van der Waals surface area contributed by atoms with Crippen LogP contribution >= 0.6 is 0 Å². The van der Waals surface area contributed by atoms with E-state index in [2.05, 4.69) is 10.6 Å². The van der Waals surface area contributed by atoms with E-state index in [4.69, 9.17) is 5.26 Å². The summed E-state index contributed by atoms with van der Waals surface area (Å²) in [6, 6.07) is 14.9. The summed E-state index contributed by atoms with van der Waals surface area (Å²) in [4.78, 5) is 22.5. The van der Waals surface area contributed by atoms with Crippen molar-refractivity contribution in [2.45, 2.75) is 6.92 Å². The highest BCUT2D eigenvalue weighted by molar-refractivity contribution is 6.07. The summed E-state index contributed by atoms with van der Waals surface area (Å²) in [7, 11) is 0. The maximum Gasteiger partial charge on any atom is 0.292 e. The highest BCUT2D eigenvalue weighted by atomic mass is 16.6. The van der Waals surface area contributed by atoms with Gasteiger partial charge in [0.05, 0.1) is 4.92 Å².